The molecule has 0 atom stereocenters. The number of ether oxygens (including phenoxy) is 2. The lowest BCUT2D eigenvalue weighted by molar-refractivity contribution is -0.142. The summed E-state index contributed by atoms with van der Waals surface area (Å²) in [4.78, 5) is 76.8. The van der Waals surface area contributed by atoms with Gasteiger partial charge in [0.25, 0.3) is 0 Å². The van der Waals surface area contributed by atoms with Crippen molar-refractivity contribution in [2.24, 2.45) is 5.92 Å². The van der Waals surface area contributed by atoms with Gasteiger partial charge in [0.1, 0.15) is 19.7 Å². The van der Waals surface area contributed by atoms with Crippen LogP contribution < -0.4 is 16.0 Å². The summed E-state index contributed by atoms with van der Waals surface area (Å²) in [5.41, 5.74) is 1.54. The Morgan fingerprint density at radius 2 is 1.21 bits per heavy atom. The van der Waals surface area contributed by atoms with Crippen LogP contribution in [-0.4, -0.2) is 91.9 Å². The molecule has 13 nitrogen and oxygen atoms in total. The number of nitrogens with zero attached hydrogens (tertiary/aromatic N) is 2. The van der Waals surface area contributed by atoms with Gasteiger partial charge in [-0.05, 0) is 17.0 Å². The molecule has 232 valence electrons. The first-order chi connectivity index (χ1) is 20.6. The summed E-state index contributed by atoms with van der Waals surface area (Å²) in [6, 6.07) is 18.0. The predicted molar refractivity (Wildman–Crippen MR) is 156 cm³/mol. The first-order valence-electron chi connectivity index (χ1n) is 13.7. The number of hydrogen-bond donors (Lipinski definition) is 3. The van der Waals surface area contributed by atoms with Crippen molar-refractivity contribution in [3.63, 3.8) is 0 Å². The molecule has 13 heteroatoms. The Morgan fingerprint density at radius 3 is 1.79 bits per heavy atom. The highest BCUT2D eigenvalue weighted by Gasteiger charge is 2.22. The van der Waals surface area contributed by atoms with Gasteiger partial charge in [-0.2, -0.15) is 0 Å². The number of carbonyl (C=O) groups excluding carboxylic acids is 6. The normalized spacial score (nSPS) is 10.3. The standard InChI is InChI=1S/C30H39N5O8/c1-22(2)17-34(19-26(37)32-16-29(40)42-3)27(38)14-31-25(36)20-35(18-23-10-6-4-7-11-23)28(39)15-33-30(41)43-21-24-12-8-5-9-13-24/h4-13,22H,14-21H2,1-3H3,(H,31,36)(H,32,37)(H,33,41). The van der Waals surface area contributed by atoms with Crippen molar-refractivity contribution in [2.45, 2.75) is 27.0 Å². The van der Waals surface area contributed by atoms with E-state index in [1.54, 1.807) is 36.4 Å². The fourth-order valence-corrected chi connectivity index (χ4v) is 3.75. The Labute approximate surface area is 250 Å². The molecule has 0 aromatic heterocycles. The van der Waals surface area contributed by atoms with Crippen molar-refractivity contribution in [1.82, 2.24) is 25.8 Å². The van der Waals surface area contributed by atoms with E-state index in [0.29, 0.717) is 0 Å². The summed E-state index contributed by atoms with van der Waals surface area (Å²) < 4.78 is 9.63. The monoisotopic (exact) mass is 597 g/mol. The third-order valence-electron chi connectivity index (χ3n) is 5.87. The predicted octanol–water partition coefficient (Wildman–Crippen LogP) is 0.832. The summed E-state index contributed by atoms with van der Waals surface area (Å²) in [6.07, 6.45) is -0.784. The molecule has 0 fully saturated rings. The highest BCUT2D eigenvalue weighted by Crippen LogP contribution is 2.06. The van der Waals surface area contributed by atoms with Gasteiger partial charge < -0.3 is 35.2 Å². The molecule has 0 radical (unpaired) electrons. The highest BCUT2D eigenvalue weighted by molar-refractivity contribution is 5.91. The number of benzene rings is 2. The number of alkyl carbamates (subject to hydrolysis) is 1. The third-order valence-corrected chi connectivity index (χ3v) is 5.87. The number of nitrogens with one attached hydrogen (secondary N) is 3. The number of methoxy groups -OCH3 is 1. The first kappa shape index (κ1) is 34.3. The lowest BCUT2D eigenvalue weighted by Gasteiger charge is -2.25. The Balaban J connectivity index is 1.94. The van der Waals surface area contributed by atoms with Gasteiger partial charge in [-0.3, -0.25) is 24.0 Å². The first-order valence-corrected chi connectivity index (χ1v) is 13.7. The highest BCUT2D eigenvalue weighted by atomic mass is 16.5. The van der Waals surface area contributed by atoms with Crippen LogP contribution in [0.5, 0.6) is 0 Å². The van der Waals surface area contributed by atoms with E-state index in [0.717, 1.165) is 11.1 Å². The molecule has 0 saturated heterocycles. The molecule has 3 N–H and O–H groups in total. The summed E-state index contributed by atoms with van der Waals surface area (Å²) in [7, 11) is 1.19. The van der Waals surface area contributed by atoms with E-state index in [1.807, 2.05) is 38.1 Å². The van der Waals surface area contributed by atoms with Crippen LogP contribution in [0, 0.1) is 5.92 Å². The smallest absolute Gasteiger partial charge is 0.407 e. The average Bonchev–Trinajstić information content (AvgIpc) is 3.00. The Hall–Kier alpha value is -4.94. The molecule has 0 aliphatic rings. The van der Waals surface area contributed by atoms with Crippen molar-refractivity contribution >= 4 is 35.7 Å². The van der Waals surface area contributed by atoms with Crippen molar-refractivity contribution in [1.29, 1.82) is 0 Å². The molecular formula is C30H39N5O8. The van der Waals surface area contributed by atoms with Crippen LogP contribution in [0.2, 0.25) is 0 Å². The second kappa shape index (κ2) is 18.5. The molecule has 0 saturated carbocycles. The maximum atomic E-state index is 13.0. The van der Waals surface area contributed by atoms with Gasteiger partial charge >= 0.3 is 12.1 Å². The molecule has 0 aliphatic carbocycles. The zero-order valence-corrected chi connectivity index (χ0v) is 24.7. The maximum absolute atomic E-state index is 13.0. The van der Waals surface area contributed by atoms with E-state index in [2.05, 4.69) is 20.7 Å². The van der Waals surface area contributed by atoms with E-state index in [1.165, 1.54) is 16.9 Å². The Bertz CT molecular complexity index is 1220. The van der Waals surface area contributed by atoms with E-state index in [4.69, 9.17) is 4.74 Å². The second-order valence-electron chi connectivity index (χ2n) is 9.95. The SMILES string of the molecule is COC(=O)CNC(=O)CN(CC(C)C)C(=O)CNC(=O)CN(Cc1ccccc1)C(=O)CNC(=O)OCc1ccccc1. The molecule has 0 bridgehead atoms. The van der Waals surface area contributed by atoms with E-state index < -0.39 is 48.8 Å². The van der Waals surface area contributed by atoms with Gasteiger partial charge in [0.15, 0.2) is 0 Å². The summed E-state index contributed by atoms with van der Waals surface area (Å²) in [5.74, 6) is -2.82. The van der Waals surface area contributed by atoms with Gasteiger partial charge in [-0.15, -0.1) is 0 Å². The van der Waals surface area contributed by atoms with Crippen LogP contribution in [0.15, 0.2) is 60.7 Å². The number of carbonyl (C=O) groups is 6. The Morgan fingerprint density at radius 1 is 0.698 bits per heavy atom. The average molecular weight is 598 g/mol. The molecule has 2 aromatic carbocycles. The second-order valence-corrected chi connectivity index (χ2v) is 9.95. The largest absolute Gasteiger partial charge is 0.468 e. The summed E-state index contributed by atoms with van der Waals surface area (Å²) in [6.45, 7) is 2.25. The minimum absolute atomic E-state index is 0.0268. The van der Waals surface area contributed by atoms with Gasteiger partial charge in [-0.1, -0.05) is 74.5 Å². The van der Waals surface area contributed by atoms with Crippen molar-refractivity contribution in [2.75, 3.05) is 46.4 Å². The van der Waals surface area contributed by atoms with E-state index in [-0.39, 0.29) is 45.2 Å². The van der Waals surface area contributed by atoms with Crippen molar-refractivity contribution in [3.8, 4) is 0 Å². The van der Waals surface area contributed by atoms with Gasteiger partial charge in [0.05, 0.1) is 26.7 Å². The molecule has 43 heavy (non-hydrogen) atoms. The number of amides is 5. The van der Waals surface area contributed by atoms with Gasteiger partial charge in [0.2, 0.25) is 23.6 Å². The van der Waals surface area contributed by atoms with Crippen LogP contribution in [0.25, 0.3) is 0 Å². The van der Waals surface area contributed by atoms with Crippen molar-refractivity contribution < 1.29 is 38.2 Å². The number of hydrogen-bond acceptors (Lipinski definition) is 8. The van der Waals surface area contributed by atoms with Crippen molar-refractivity contribution in [3.05, 3.63) is 71.8 Å². The fourth-order valence-electron chi connectivity index (χ4n) is 3.75. The molecule has 0 unspecified atom stereocenters. The molecular weight excluding hydrogens is 558 g/mol. The molecule has 5 amide bonds. The van der Waals surface area contributed by atoms with Gasteiger partial charge in [-0.25, -0.2) is 4.79 Å². The van der Waals surface area contributed by atoms with Gasteiger partial charge in [0, 0.05) is 13.1 Å². The molecule has 2 aromatic rings. The zero-order chi connectivity index (χ0) is 31.6. The molecule has 0 spiro atoms. The molecule has 2 rings (SSSR count). The zero-order valence-electron chi connectivity index (χ0n) is 24.7. The molecule has 0 aliphatic heterocycles. The quantitative estimate of drug-likeness (QED) is 0.240. The Kier molecular flexibility index (Phi) is 14.7. The van der Waals surface area contributed by atoms with Crippen LogP contribution in [-0.2, 0) is 46.6 Å². The lowest BCUT2D eigenvalue weighted by Crippen LogP contribution is -2.49. The topological polar surface area (TPSA) is 163 Å². The summed E-state index contributed by atoms with van der Waals surface area (Å²) >= 11 is 0. The van der Waals surface area contributed by atoms with E-state index >= 15 is 0 Å². The fraction of sp³-hybridized carbons (Fsp3) is 0.400. The molecule has 0 heterocycles. The van der Waals surface area contributed by atoms with Crippen LogP contribution in [0.3, 0.4) is 0 Å². The maximum Gasteiger partial charge on any atom is 0.407 e. The third kappa shape index (κ3) is 14.0. The minimum atomic E-state index is -0.784. The van der Waals surface area contributed by atoms with Crippen LogP contribution >= 0.6 is 0 Å². The summed E-state index contributed by atoms with van der Waals surface area (Å²) in [5, 5.41) is 7.28. The minimum Gasteiger partial charge on any atom is -0.468 e. The van der Waals surface area contributed by atoms with Crippen LogP contribution in [0.1, 0.15) is 25.0 Å². The van der Waals surface area contributed by atoms with Crippen LogP contribution in [0.4, 0.5) is 4.79 Å². The van der Waals surface area contributed by atoms with E-state index in [9.17, 15) is 28.8 Å². The number of esters is 1. The number of rotatable bonds is 16. The lowest BCUT2D eigenvalue weighted by atomic mass is 10.2.